The molecule has 1 fully saturated rings. The van der Waals surface area contributed by atoms with Crippen molar-refractivity contribution in [2.24, 2.45) is 17.8 Å². The number of urea groups is 1. The van der Waals surface area contributed by atoms with Gasteiger partial charge in [-0.3, -0.25) is 4.79 Å². The average molecular weight is 345 g/mol. The van der Waals surface area contributed by atoms with Crippen molar-refractivity contribution >= 4 is 17.6 Å². The zero-order valence-electron chi connectivity index (χ0n) is 15.8. The number of likely N-dealkylation sites (N-methyl/N-ethyl adjacent to an activating group) is 1. The molecular weight excluding hydrogens is 314 g/mol. The lowest BCUT2D eigenvalue weighted by molar-refractivity contribution is -0.119. The van der Waals surface area contributed by atoms with Gasteiger partial charge in [-0.15, -0.1) is 0 Å². The molecule has 1 aliphatic carbocycles. The molecule has 0 heterocycles. The molecule has 0 saturated heterocycles. The van der Waals surface area contributed by atoms with Gasteiger partial charge < -0.3 is 16.0 Å². The third-order valence-corrected chi connectivity index (χ3v) is 5.23. The Labute approximate surface area is 151 Å². The number of carbonyl (C=O) groups is 2. The number of hydrogen-bond donors (Lipinski definition) is 3. The topological polar surface area (TPSA) is 70.2 Å². The third-order valence-electron chi connectivity index (χ3n) is 5.23. The molecule has 5 heteroatoms. The minimum atomic E-state index is -0.186. The fraction of sp³-hybridized carbons (Fsp3) is 0.600. The lowest BCUT2D eigenvalue weighted by atomic mass is 9.74. The first-order valence-corrected chi connectivity index (χ1v) is 9.26. The molecule has 0 spiro atoms. The quantitative estimate of drug-likeness (QED) is 0.764. The van der Waals surface area contributed by atoms with E-state index in [1.54, 1.807) is 7.05 Å². The summed E-state index contributed by atoms with van der Waals surface area (Å²) in [6, 6.07) is 7.46. The highest BCUT2D eigenvalue weighted by Crippen LogP contribution is 2.33. The number of hydrogen-bond acceptors (Lipinski definition) is 2. The molecule has 0 radical (unpaired) electrons. The van der Waals surface area contributed by atoms with Crippen LogP contribution in [0.15, 0.2) is 24.3 Å². The maximum absolute atomic E-state index is 12.5. The zero-order valence-corrected chi connectivity index (χ0v) is 15.8. The lowest BCUT2D eigenvalue weighted by Crippen LogP contribution is -2.47. The first-order chi connectivity index (χ1) is 11.9. The predicted molar refractivity (Wildman–Crippen MR) is 101 cm³/mol. The molecule has 3 atom stereocenters. The monoisotopic (exact) mass is 345 g/mol. The summed E-state index contributed by atoms with van der Waals surface area (Å²) in [4.78, 5) is 24.2. The second-order valence-corrected chi connectivity index (χ2v) is 7.54. The van der Waals surface area contributed by atoms with Gasteiger partial charge in [-0.05, 0) is 42.2 Å². The van der Waals surface area contributed by atoms with Crippen LogP contribution in [0.4, 0.5) is 10.5 Å². The highest BCUT2D eigenvalue weighted by Gasteiger charge is 2.31. The van der Waals surface area contributed by atoms with E-state index in [0.29, 0.717) is 23.4 Å². The fourth-order valence-electron chi connectivity index (χ4n) is 3.75. The van der Waals surface area contributed by atoms with Crippen molar-refractivity contribution in [3.8, 4) is 0 Å². The van der Waals surface area contributed by atoms with Gasteiger partial charge in [0.25, 0.3) is 0 Å². The Bertz CT molecular complexity index is 600. The van der Waals surface area contributed by atoms with Crippen molar-refractivity contribution in [1.29, 1.82) is 0 Å². The summed E-state index contributed by atoms with van der Waals surface area (Å²) in [6.45, 7) is 6.71. The molecule has 1 aliphatic rings. The van der Waals surface area contributed by atoms with Crippen LogP contribution in [0, 0.1) is 17.8 Å². The van der Waals surface area contributed by atoms with Crippen LogP contribution < -0.4 is 16.0 Å². The summed E-state index contributed by atoms with van der Waals surface area (Å²) in [5.41, 5.74) is 1.50. The van der Waals surface area contributed by atoms with E-state index >= 15 is 0 Å². The Morgan fingerprint density at radius 3 is 2.60 bits per heavy atom. The Balaban J connectivity index is 2.03. The lowest BCUT2D eigenvalue weighted by Gasteiger charge is -2.37. The standard InChI is InChI=1S/C20H31N3O2/c1-13(2)16-10-9-14(3)11-18(16)23-20(25)22-17-8-6-5-7-15(17)12-19(24)21-4/h5-8,13-14,16,18H,9-12H2,1-4H3,(H,21,24)(H2,22,23,25)/t14-,16+,18+/m0/s1. The second kappa shape index (κ2) is 8.88. The van der Waals surface area contributed by atoms with Crippen LogP contribution in [0.3, 0.4) is 0 Å². The maximum Gasteiger partial charge on any atom is 0.319 e. The van der Waals surface area contributed by atoms with Crippen molar-refractivity contribution in [1.82, 2.24) is 10.6 Å². The van der Waals surface area contributed by atoms with E-state index < -0.39 is 0 Å². The van der Waals surface area contributed by atoms with Gasteiger partial charge in [0.2, 0.25) is 5.91 Å². The maximum atomic E-state index is 12.5. The smallest absolute Gasteiger partial charge is 0.319 e. The normalized spacial score (nSPS) is 23.2. The minimum absolute atomic E-state index is 0.0735. The number of anilines is 1. The van der Waals surface area contributed by atoms with E-state index in [-0.39, 0.29) is 24.4 Å². The summed E-state index contributed by atoms with van der Waals surface area (Å²) >= 11 is 0. The van der Waals surface area contributed by atoms with Crippen LogP contribution in [0.1, 0.15) is 45.6 Å². The first-order valence-electron chi connectivity index (χ1n) is 9.26. The fourth-order valence-corrected chi connectivity index (χ4v) is 3.75. The Morgan fingerprint density at radius 2 is 1.92 bits per heavy atom. The molecule has 0 aliphatic heterocycles. The van der Waals surface area contributed by atoms with Gasteiger partial charge in [-0.25, -0.2) is 4.79 Å². The number of carbonyl (C=O) groups excluding carboxylic acids is 2. The van der Waals surface area contributed by atoms with E-state index in [2.05, 4.69) is 36.7 Å². The number of para-hydroxylation sites is 1. The average Bonchev–Trinajstić information content (AvgIpc) is 2.56. The molecule has 1 aromatic rings. The number of benzene rings is 1. The summed E-state index contributed by atoms with van der Waals surface area (Å²) in [6.07, 6.45) is 3.67. The van der Waals surface area contributed by atoms with Crippen LogP contribution in [-0.4, -0.2) is 25.0 Å². The van der Waals surface area contributed by atoms with Crippen LogP contribution >= 0.6 is 0 Å². The molecule has 3 N–H and O–H groups in total. The molecule has 1 aromatic carbocycles. The summed E-state index contributed by atoms with van der Waals surface area (Å²) in [5.74, 6) is 1.64. The summed E-state index contributed by atoms with van der Waals surface area (Å²) in [5, 5.41) is 8.72. The Morgan fingerprint density at radius 1 is 1.20 bits per heavy atom. The van der Waals surface area contributed by atoms with Gasteiger partial charge in [0.15, 0.2) is 0 Å². The number of nitrogens with one attached hydrogen (secondary N) is 3. The van der Waals surface area contributed by atoms with Gasteiger partial charge in [-0.1, -0.05) is 45.4 Å². The van der Waals surface area contributed by atoms with Crippen LogP contribution in [-0.2, 0) is 11.2 Å². The molecule has 2 rings (SSSR count). The van der Waals surface area contributed by atoms with Crippen LogP contribution in [0.2, 0.25) is 0 Å². The highest BCUT2D eigenvalue weighted by atomic mass is 16.2. The second-order valence-electron chi connectivity index (χ2n) is 7.54. The van der Waals surface area contributed by atoms with E-state index in [1.807, 2.05) is 24.3 Å². The van der Waals surface area contributed by atoms with E-state index in [9.17, 15) is 9.59 Å². The molecule has 0 unspecified atom stereocenters. The highest BCUT2D eigenvalue weighted by molar-refractivity contribution is 5.91. The molecule has 3 amide bonds. The van der Waals surface area contributed by atoms with Crippen molar-refractivity contribution in [2.75, 3.05) is 12.4 Å². The molecule has 5 nitrogen and oxygen atoms in total. The molecule has 25 heavy (non-hydrogen) atoms. The van der Waals surface area contributed by atoms with Gasteiger partial charge in [-0.2, -0.15) is 0 Å². The Hall–Kier alpha value is -2.04. The van der Waals surface area contributed by atoms with Gasteiger partial charge >= 0.3 is 6.03 Å². The molecule has 0 aromatic heterocycles. The molecule has 1 saturated carbocycles. The number of rotatable bonds is 5. The number of amides is 3. The van der Waals surface area contributed by atoms with Crippen molar-refractivity contribution in [2.45, 2.75) is 52.5 Å². The summed E-state index contributed by atoms with van der Waals surface area (Å²) in [7, 11) is 1.61. The third kappa shape index (κ3) is 5.48. The van der Waals surface area contributed by atoms with Crippen LogP contribution in [0.25, 0.3) is 0 Å². The molecule has 138 valence electrons. The predicted octanol–water partition coefficient (Wildman–Crippen LogP) is 3.56. The SMILES string of the molecule is CNC(=O)Cc1ccccc1NC(=O)N[C@@H]1C[C@@H](C)CC[C@@H]1C(C)C. The van der Waals surface area contributed by atoms with Crippen LogP contribution in [0.5, 0.6) is 0 Å². The Kier molecular flexibility index (Phi) is 6.85. The minimum Gasteiger partial charge on any atom is -0.359 e. The molecule has 0 bridgehead atoms. The van der Waals surface area contributed by atoms with E-state index in [0.717, 1.165) is 18.4 Å². The van der Waals surface area contributed by atoms with Crippen molar-refractivity contribution in [3.05, 3.63) is 29.8 Å². The van der Waals surface area contributed by atoms with Crippen molar-refractivity contribution in [3.63, 3.8) is 0 Å². The molecular formula is C20H31N3O2. The summed E-state index contributed by atoms with van der Waals surface area (Å²) < 4.78 is 0. The van der Waals surface area contributed by atoms with E-state index in [1.165, 1.54) is 6.42 Å². The largest absolute Gasteiger partial charge is 0.359 e. The van der Waals surface area contributed by atoms with Crippen molar-refractivity contribution < 1.29 is 9.59 Å². The van der Waals surface area contributed by atoms with Gasteiger partial charge in [0.05, 0.1) is 6.42 Å². The van der Waals surface area contributed by atoms with Gasteiger partial charge in [0.1, 0.15) is 0 Å². The van der Waals surface area contributed by atoms with Gasteiger partial charge in [0, 0.05) is 18.8 Å². The first kappa shape index (κ1) is 19.3. The van der Waals surface area contributed by atoms with E-state index in [4.69, 9.17) is 0 Å². The zero-order chi connectivity index (χ0) is 18.4.